The van der Waals surface area contributed by atoms with E-state index in [4.69, 9.17) is 5.11 Å². The average Bonchev–Trinajstić information content (AvgIpc) is 2.24. The van der Waals surface area contributed by atoms with E-state index in [2.05, 4.69) is 5.32 Å². The molecule has 2 N–H and O–H groups in total. The molecule has 1 rings (SSSR count). The fourth-order valence-corrected chi connectivity index (χ4v) is 4.48. The molecule has 122 valence electrons. The summed E-state index contributed by atoms with van der Waals surface area (Å²) in [6, 6.07) is -0.549. The van der Waals surface area contributed by atoms with Gasteiger partial charge in [0.2, 0.25) is 5.91 Å². The third-order valence-electron chi connectivity index (χ3n) is 3.50. The lowest BCUT2D eigenvalue weighted by Crippen LogP contribution is -2.48. The number of hydrogen-bond acceptors (Lipinski definition) is 4. The van der Waals surface area contributed by atoms with E-state index < -0.39 is 33.0 Å². The predicted octanol–water partition coefficient (Wildman–Crippen LogP) is 1.35. The Labute approximate surface area is 126 Å². The van der Waals surface area contributed by atoms with Crippen molar-refractivity contribution >= 4 is 21.7 Å². The summed E-state index contributed by atoms with van der Waals surface area (Å²) in [7, 11) is -3.40. The lowest BCUT2D eigenvalue weighted by atomic mass is 9.87. The molecule has 1 aliphatic heterocycles. The van der Waals surface area contributed by atoms with Gasteiger partial charge in [0.25, 0.3) is 0 Å². The molecule has 0 radical (unpaired) electrons. The highest BCUT2D eigenvalue weighted by atomic mass is 32.2. The minimum Gasteiger partial charge on any atom is -0.481 e. The number of sulfone groups is 1. The van der Waals surface area contributed by atoms with E-state index in [0.717, 1.165) is 0 Å². The molecule has 1 aliphatic rings. The average molecular weight is 319 g/mol. The molecule has 2 unspecified atom stereocenters. The molecule has 6 nitrogen and oxygen atoms in total. The summed E-state index contributed by atoms with van der Waals surface area (Å²) < 4.78 is 23.9. The molecule has 1 fully saturated rings. The first kappa shape index (κ1) is 17.9. The van der Waals surface area contributed by atoms with Crippen LogP contribution in [0.5, 0.6) is 0 Å². The molecule has 0 saturated carbocycles. The van der Waals surface area contributed by atoms with E-state index in [1.54, 1.807) is 0 Å². The van der Waals surface area contributed by atoms with Crippen LogP contribution in [0.25, 0.3) is 0 Å². The Bertz CT molecular complexity index is 492. The van der Waals surface area contributed by atoms with Gasteiger partial charge in [-0.05, 0) is 24.7 Å². The normalized spacial score (nSPS) is 23.3. The number of carboxylic acids is 1. The van der Waals surface area contributed by atoms with Gasteiger partial charge in [0, 0.05) is 6.04 Å². The van der Waals surface area contributed by atoms with Gasteiger partial charge in [-0.2, -0.15) is 0 Å². The first-order chi connectivity index (χ1) is 9.51. The zero-order chi connectivity index (χ0) is 16.3. The molecule has 0 aromatic heterocycles. The number of rotatable bonds is 5. The van der Waals surface area contributed by atoms with Crippen molar-refractivity contribution in [2.45, 2.75) is 64.2 Å². The molecule has 0 aromatic rings. The Balaban J connectivity index is 2.77. The second-order valence-electron chi connectivity index (χ2n) is 6.92. The van der Waals surface area contributed by atoms with Crippen molar-refractivity contribution in [3.05, 3.63) is 0 Å². The van der Waals surface area contributed by atoms with E-state index in [9.17, 15) is 18.0 Å². The summed E-state index contributed by atoms with van der Waals surface area (Å²) in [5.41, 5.74) is -0.154. The number of amides is 1. The zero-order valence-electron chi connectivity index (χ0n) is 12.9. The summed E-state index contributed by atoms with van der Waals surface area (Å²) in [5.74, 6) is -1.52. The zero-order valence-corrected chi connectivity index (χ0v) is 13.7. The van der Waals surface area contributed by atoms with Crippen LogP contribution in [0, 0.1) is 5.41 Å². The summed E-state index contributed by atoms with van der Waals surface area (Å²) in [4.78, 5) is 23.1. The van der Waals surface area contributed by atoms with Gasteiger partial charge in [0.05, 0.1) is 12.2 Å². The van der Waals surface area contributed by atoms with Gasteiger partial charge in [-0.25, -0.2) is 8.42 Å². The second kappa shape index (κ2) is 6.77. The molecule has 1 amide bonds. The van der Waals surface area contributed by atoms with Crippen LogP contribution >= 0.6 is 0 Å². The highest BCUT2D eigenvalue weighted by Crippen LogP contribution is 2.24. The van der Waals surface area contributed by atoms with Gasteiger partial charge in [0.15, 0.2) is 9.84 Å². The maximum Gasteiger partial charge on any atom is 0.305 e. The number of carbonyl (C=O) groups excluding carboxylic acids is 1. The smallest absolute Gasteiger partial charge is 0.305 e. The van der Waals surface area contributed by atoms with E-state index in [1.807, 2.05) is 20.8 Å². The van der Waals surface area contributed by atoms with Crippen LogP contribution in [0.4, 0.5) is 0 Å². The number of aliphatic carboxylic acids is 1. The van der Waals surface area contributed by atoms with E-state index >= 15 is 0 Å². The summed E-state index contributed by atoms with van der Waals surface area (Å²) in [6.07, 6.45) is 1.91. The van der Waals surface area contributed by atoms with Gasteiger partial charge in [-0.3, -0.25) is 9.59 Å². The predicted molar refractivity (Wildman–Crippen MR) is 79.7 cm³/mol. The van der Waals surface area contributed by atoms with E-state index in [1.165, 1.54) is 0 Å². The van der Waals surface area contributed by atoms with Crippen molar-refractivity contribution in [1.29, 1.82) is 0 Å². The van der Waals surface area contributed by atoms with Crippen LogP contribution in [0.2, 0.25) is 0 Å². The lowest BCUT2D eigenvalue weighted by Gasteiger charge is -2.28. The Morgan fingerprint density at radius 3 is 2.38 bits per heavy atom. The van der Waals surface area contributed by atoms with Crippen molar-refractivity contribution in [3.8, 4) is 0 Å². The molecule has 0 aromatic carbocycles. The number of nitrogens with one attached hydrogen (secondary N) is 1. The van der Waals surface area contributed by atoms with Gasteiger partial charge in [0.1, 0.15) is 5.25 Å². The number of carbonyl (C=O) groups is 2. The maximum atomic E-state index is 12.2. The van der Waals surface area contributed by atoms with Crippen LogP contribution in [-0.2, 0) is 19.4 Å². The molecule has 0 aliphatic carbocycles. The van der Waals surface area contributed by atoms with E-state index in [0.29, 0.717) is 25.7 Å². The van der Waals surface area contributed by atoms with Gasteiger partial charge in [-0.1, -0.05) is 27.2 Å². The van der Waals surface area contributed by atoms with Gasteiger partial charge < -0.3 is 10.4 Å². The van der Waals surface area contributed by atoms with Crippen LogP contribution in [0.15, 0.2) is 0 Å². The summed E-state index contributed by atoms with van der Waals surface area (Å²) in [5, 5.41) is 10.5. The Morgan fingerprint density at radius 1 is 1.29 bits per heavy atom. The SMILES string of the molecule is CC(C)(C)CC(CC(=O)O)NC(=O)C1CCCCS1(=O)=O. The van der Waals surface area contributed by atoms with Crippen LogP contribution in [0.3, 0.4) is 0 Å². The third-order valence-corrected chi connectivity index (χ3v) is 5.67. The lowest BCUT2D eigenvalue weighted by molar-refractivity contribution is -0.137. The molecule has 0 spiro atoms. The van der Waals surface area contributed by atoms with Crippen molar-refractivity contribution < 1.29 is 23.1 Å². The minimum atomic E-state index is -3.40. The fourth-order valence-electron chi connectivity index (χ4n) is 2.67. The molecule has 21 heavy (non-hydrogen) atoms. The second-order valence-corrected chi connectivity index (χ2v) is 9.22. The molecule has 2 atom stereocenters. The van der Waals surface area contributed by atoms with Crippen molar-refractivity contribution in [2.75, 3.05) is 5.75 Å². The van der Waals surface area contributed by atoms with Crippen LogP contribution < -0.4 is 5.32 Å². The third kappa shape index (κ3) is 6.03. The molecule has 0 bridgehead atoms. The number of hydrogen-bond donors (Lipinski definition) is 2. The fraction of sp³-hybridized carbons (Fsp3) is 0.857. The van der Waals surface area contributed by atoms with Crippen molar-refractivity contribution in [3.63, 3.8) is 0 Å². The molecular formula is C14H25NO5S. The Morgan fingerprint density at radius 2 is 1.90 bits per heavy atom. The van der Waals surface area contributed by atoms with Gasteiger partial charge in [-0.15, -0.1) is 0 Å². The van der Waals surface area contributed by atoms with Crippen LogP contribution in [0.1, 0.15) is 52.9 Å². The summed E-state index contributed by atoms with van der Waals surface area (Å²) in [6.45, 7) is 5.85. The highest BCUT2D eigenvalue weighted by molar-refractivity contribution is 7.92. The highest BCUT2D eigenvalue weighted by Gasteiger charge is 2.36. The summed E-state index contributed by atoms with van der Waals surface area (Å²) >= 11 is 0. The van der Waals surface area contributed by atoms with Gasteiger partial charge >= 0.3 is 5.97 Å². The molecule has 1 heterocycles. The largest absolute Gasteiger partial charge is 0.481 e. The van der Waals surface area contributed by atoms with Crippen molar-refractivity contribution in [2.24, 2.45) is 5.41 Å². The number of carboxylic acid groups (broad SMARTS) is 1. The van der Waals surface area contributed by atoms with Crippen molar-refractivity contribution in [1.82, 2.24) is 5.32 Å². The Kier molecular flexibility index (Phi) is 5.78. The van der Waals surface area contributed by atoms with E-state index in [-0.39, 0.29) is 17.6 Å². The minimum absolute atomic E-state index is 0.0357. The standard InChI is InChI=1S/C14H25NO5S/c1-14(2,3)9-10(8-12(16)17)15-13(18)11-6-4-5-7-21(11,19)20/h10-11H,4-9H2,1-3H3,(H,15,18)(H,16,17). The first-order valence-corrected chi connectivity index (χ1v) is 8.96. The Hall–Kier alpha value is -1.11. The quantitative estimate of drug-likeness (QED) is 0.796. The monoisotopic (exact) mass is 319 g/mol. The molecule has 1 saturated heterocycles. The molecule has 7 heteroatoms. The van der Waals surface area contributed by atoms with Crippen LogP contribution in [-0.4, -0.2) is 42.4 Å². The topological polar surface area (TPSA) is 101 Å². The molecular weight excluding hydrogens is 294 g/mol. The maximum absolute atomic E-state index is 12.2. The first-order valence-electron chi connectivity index (χ1n) is 7.25.